The summed E-state index contributed by atoms with van der Waals surface area (Å²) in [5.41, 5.74) is 11.2. The maximum atomic E-state index is 6.34. The topological polar surface area (TPSA) is 79.7 Å². The standard InChI is InChI=1S/C23H50N2O3/c1-17(15-20(4)26-13-11-18(2)24)22(7,8)27-14-12-21(5,6)23(9,10)28-16-19(3)25/h17-20H,11-16,24-25H2,1-10H3. The van der Waals surface area contributed by atoms with Crippen LogP contribution >= 0.6 is 0 Å². The van der Waals surface area contributed by atoms with Crippen molar-refractivity contribution in [3.05, 3.63) is 0 Å². The maximum absolute atomic E-state index is 6.34. The van der Waals surface area contributed by atoms with Gasteiger partial charge in [0.05, 0.1) is 23.9 Å². The fourth-order valence-corrected chi connectivity index (χ4v) is 2.85. The van der Waals surface area contributed by atoms with Crippen LogP contribution in [0, 0.1) is 11.3 Å². The van der Waals surface area contributed by atoms with Crippen LogP contribution < -0.4 is 11.5 Å². The van der Waals surface area contributed by atoms with Gasteiger partial charge in [-0.15, -0.1) is 0 Å². The van der Waals surface area contributed by atoms with E-state index in [0.29, 0.717) is 19.1 Å². The number of nitrogens with two attached hydrogens (primary N) is 2. The minimum Gasteiger partial charge on any atom is -0.378 e. The molecule has 0 aromatic heterocycles. The normalized spacial score (nSPS) is 18.0. The molecule has 0 aliphatic rings. The molecule has 4 N–H and O–H groups in total. The van der Waals surface area contributed by atoms with E-state index in [1.165, 1.54) is 0 Å². The summed E-state index contributed by atoms with van der Waals surface area (Å²) in [4.78, 5) is 0. The van der Waals surface area contributed by atoms with Gasteiger partial charge in [-0.3, -0.25) is 0 Å². The SMILES string of the molecule is CC(N)CCOC(C)CC(C)C(C)(C)OCCC(C)(C)C(C)(C)OCC(C)N. The highest BCUT2D eigenvalue weighted by molar-refractivity contribution is 4.88. The molecule has 0 saturated heterocycles. The first-order valence-corrected chi connectivity index (χ1v) is 11.0. The maximum Gasteiger partial charge on any atom is 0.0678 e. The Morgan fingerprint density at radius 1 is 0.786 bits per heavy atom. The first kappa shape index (κ1) is 27.8. The molecule has 4 unspecified atom stereocenters. The van der Waals surface area contributed by atoms with Gasteiger partial charge in [-0.05, 0) is 79.1 Å². The van der Waals surface area contributed by atoms with Crippen molar-refractivity contribution in [2.45, 2.75) is 118 Å². The lowest BCUT2D eigenvalue weighted by Crippen LogP contribution is -2.45. The molecule has 0 fully saturated rings. The fourth-order valence-electron chi connectivity index (χ4n) is 2.85. The highest BCUT2D eigenvalue weighted by Gasteiger charge is 2.38. The smallest absolute Gasteiger partial charge is 0.0678 e. The average Bonchev–Trinajstić information content (AvgIpc) is 2.51. The van der Waals surface area contributed by atoms with Crippen molar-refractivity contribution in [2.24, 2.45) is 22.8 Å². The summed E-state index contributed by atoms with van der Waals surface area (Å²) in [6, 6.07) is 0.234. The Bertz CT molecular complexity index is 420. The van der Waals surface area contributed by atoms with Gasteiger partial charge in [0.2, 0.25) is 0 Å². The molecule has 0 aromatic carbocycles. The molecular formula is C23H50N2O3. The van der Waals surface area contributed by atoms with Crippen LogP contribution in [-0.2, 0) is 14.2 Å². The van der Waals surface area contributed by atoms with E-state index in [9.17, 15) is 0 Å². The summed E-state index contributed by atoms with van der Waals surface area (Å²) >= 11 is 0. The lowest BCUT2D eigenvalue weighted by atomic mass is 9.74. The van der Waals surface area contributed by atoms with E-state index >= 15 is 0 Å². The Morgan fingerprint density at radius 2 is 1.36 bits per heavy atom. The van der Waals surface area contributed by atoms with Gasteiger partial charge in [0.25, 0.3) is 0 Å². The van der Waals surface area contributed by atoms with Crippen molar-refractivity contribution in [3.8, 4) is 0 Å². The summed E-state index contributed by atoms with van der Waals surface area (Å²) < 4.78 is 18.3. The lowest BCUT2D eigenvalue weighted by Gasteiger charge is -2.43. The first-order chi connectivity index (χ1) is 12.6. The molecule has 0 bridgehead atoms. The monoisotopic (exact) mass is 402 g/mol. The van der Waals surface area contributed by atoms with E-state index in [4.69, 9.17) is 25.7 Å². The van der Waals surface area contributed by atoms with Crippen LogP contribution in [-0.4, -0.2) is 49.2 Å². The largest absolute Gasteiger partial charge is 0.378 e. The zero-order valence-electron chi connectivity index (χ0n) is 20.4. The van der Waals surface area contributed by atoms with E-state index in [-0.39, 0.29) is 34.8 Å². The van der Waals surface area contributed by atoms with Gasteiger partial charge in [0.1, 0.15) is 0 Å². The first-order valence-electron chi connectivity index (χ1n) is 11.0. The van der Waals surface area contributed by atoms with Crippen LogP contribution in [0.25, 0.3) is 0 Å². The molecule has 0 aromatic rings. The summed E-state index contributed by atoms with van der Waals surface area (Å²) in [5, 5.41) is 0. The quantitative estimate of drug-likeness (QED) is 0.421. The molecule has 0 spiro atoms. The average molecular weight is 403 g/mol. The number of rotatable bonds is 15. The van der Waals surface area contributed by atoms with Crippen LogP contribution in [0.4, 0.5) is 0 Å². The van der Waals surface area contributed by atoms with Crippen molar-refractivity contribution in [1.82, 2.24) is 0 Å². The summed E-state index contributed by atoms with van der Waals surface area (Å²) in [5.74, 6) is 0.392. The van der Waals surface area contributed by atoms with Crippen molar-refractivity contribution >= 4 is 0 Å². The Kier molecular flexibility index (Phi) is 11.8. The van der Waals surface area contributed by atoms with Gasteiger partial charge in [-0.25, -0.2) is 0 Å². The molecule has 28 heavy (non-hydrogen) atoms. The minimum atomic E-state index is -0.262. The summed E-state index contributed by atoms with van der Waals surface area (Å²) in [6.07, 6.45) is 3.00. The van der Waals surface area contributed by atoms with E-state index in [2.05, 4.69) is 55.4 Å². The third-order valence-electron chi connectivity index (χ3n) is 6.39. The fraction of sp³-hybridized carbons (Fsp3) is 1.00. The van der Waals surface area contributed by atoms with Gasteiger partial charge in [-0.2, -0.15) is 0 Å². The second kappa shape index (κ2) is 11.8. The van der Waals surface area contributed by atoms with Gasteiger partial charge in [0, 0.05) is 25.3 Å². The zero-order valence-corrected chi connectivity index (χ0v) is 20.4. The number of hydrogen-bond acceptors (Lipinski definition) is 5. The molecule has 5 nitrogen and oxygen atoms in total. The van der Waals surface area contributed by atoms with Gasteiger partial charge < -0.3 is 25.7 Å². The number of ether oxygens (including phenoxy) is 3. The van der Waals surface area contributed by atoms with E-state index in [1.807, 2.05) is 13.8 Å². The van der Waals surface area contributed by atoms with Crippen LogP contribution in [0.1, 0.15) is 88.5 Å². The molecule has 5 heteroatoms. The molecule has 0 radical (unpaired) electrons. The van der Waals surface area contributed by atoms with E-state index in [1.54, 1.807) is 0 Å². The van der Waals surface area contributed by atoms with Crippen molar-refractivity contribution in [1.29, 1.82) is 0 Å². The predicted molar refractivity (Wildman–Crippen MR) is 120 cm³/mol. The highest BCUT2D eigenvalue weighted by Crippen LogP contribution is 2.38. The third-order valence-corrected chi connectivity index (χ3v) is 6.39. The predicted octanol–water partition coefficient (Wildman–Crippen LogP) is 4.51. The summed E-state index contributed by atoms with van der Waals surface area (Å²) in [7, 11) is 0. The number of hydrogen-bond donors (Lipinski definition) is 2. The lowest BCUT2D eigenvalue weighted by molar-refractivity contribution is -0.126. The molecule has 0 saturated carbocycles. The van der Waals surface area contributed by atoms with Crippen molar-refractivity contribution in [2.75, 3.05) is 19.8 Å². The van der Waals surface area contributed by atoms with E-state index < -0.39 is 0 Å². The Morgan fingerprint density at radius 3 is 1.86 bits per heavy atom. The molecular weight excluding hydrogens is 352 g/mol. The molecule has 170 valence electrons. The van der Waals surface area contributed by atoms with Gasteiger partial charge >= 0.3 is 0 Å². The van der Waals surface area contributed by atoms with Crippen molar-refractivity contribution < 1.29 is 14.2 Å². The van der Waals surface area contributed by atoms with Crippen LogP contribution in [0.2, 0.25) is 0 Å². The highest BCUT2D eigenvalue weighted by atomic mass is 16.5. The molecule has 0 aliphatic carbocycles. The minimum absolute atomic E-state index is 0.0173. The van der Waals surface area contributed by atoms with Crippen LogP contribution in [0.3, 0.4) is 0 Å². The summed E-state index contributed by atoms with van der Waals surface area (Å²) in [6.45, 7) is 23.5. The molecule has 0 rings (SSSR count). The van der Waals surface area contributed by atoms with Crippen molar-refractivity contribution in [3.63, 3.8) is 0 Å². The van der Waals surface area contributed by atoms with Crippen LogP contribution in [0.5, 0.6) is 0 Å². The Hall–Kier alpha value is -0.200. The molecule has 0 aliphatic heterocycles. The Labute approximate surface area is 175 Å². The van der Waals surface area contributed by atoms with Gasteiger partial charge in [0.15, 0.2) is 0 Å². The van der Waals surface area contributed by atoms with E-state index in [0.717, 1.165) is 25.9 Å². The third kappa shape index (κ3) is 10.5. The van der Waals surface area contributed by atoms with Crippen LogP contribution in [0.15, 0.2) is 0 Å². The molecule has 0 amide bonds. The van der Waals surface area contributed by atoms with Gasteiger partial charge in [-0.1, -0.05) is 20.8 Å². The molecule has 4 atom stereocenters. The second-order valence-corrected chi connectivity index (χ2v) is 10.5. The zero-order chi connectivity index (χ0) is 22.2. The molecule has 0 heterocycles. The Balaban J connectivity index is 4.48. The second-order valence-electron chi connectivity index (χ2n) is 10.5.